The summed E-state index contributed by atoms with van der Waals surface area (Å²) in [7, 11) is 1.64. The first kappa shape index (κ1) is 12.7. The van der Waals surface area contributed by atoms with Crippen LogP contribution in [-0.4, -0.2) is 42.6 Å². The van der Waals surface area contributed by atoms with Crippen molar-refractivity contribution in [1.29, 1.82) is 0 Å². The van der Waals surface area contributed by atoms with Crippen molar-refractivity contribution in [3.05, 3.63) is 41.5 Å². The summed E-state index contributed by atoms with van der Waals surface area (Å²) in [4.78, 5) is 17.2. The lowest BCUT2D eigenvalue weighted by atomic mass is 10.1. The predicted octanol–water partition coefficient (Wildman–Crippen LogP) is 1.64. The lowest BCUT2D eigenvalue weighted by Gasteiger charge is -2.26. The summed E-state index contributed by atoms with van der Waals surface area (Å²) >= 11 is 0. The molecule has 0 unspecified atom stereocenters. The van der Waals surface area contributed by atoms with Gasteiger partial charge in [-0.3, -0.25) is 4.79 Å². The Hall–Kier alpha value is -1.75. The molecule has 0 spiro atoms. The van der Waals surface area contributed by atoms with Crippen LogP contribution in [0.1, 0.15) is 16.8 Å². The Labute approximate surface area is 105 Å². The lowest BCUT2D eigenvalue weighted by Crippen LogP contribution is -2.35. The van der Waals surface area contributed by atoms with Crippen LogP contribution >= 0.6 is 0 Å². The van der Waals surface area contributed by atoms with Gasteiger partial charge in [0.25, 0.3) is 5.91 Å². The molecule has 0 aliphatic carbocycles. The fourth-order valence-corrected chi connectivity index (χ4v) is 1.93. The van der Waals surface area contributed by atoms with E-state index in [-0.39, 0.29) is 11.5 Å². The number of ether oxygens (including phenoxy) is 1. The molecule has 96 valence electrons. The van der Waals surface area contributed by atoms with E-state index in [1.807, 2.05) is 6.08 Å². The van der Waals surface area contributed by atoms with E-state index in [2.05, 4.69) is 4.98 Å². The minimum Gasteiger partial charge on any atom is -0.380 e. The number of amides is 1. The van der Waals surface area contributed by atoms with E-state index in [9.17, 15) is 9.18 Å². The third-order valence-corrected chi connectivity index (χ3v) is 2.91. The number of hydrogen-bond acceptors (Lipinski definition) is 3. The smallest absolute Gasteiger partial charge is 0.258 e. The fraction of sp³-hybridized carbons (Fsp3) is 0.385. The minimum absolute atomic E-state index is 0.0288. The van der Waals surface area contributed by atoms with Crippen LogP contribution in [0.2, 0.25) is 0 Å². The van der Waals surface area contributed by atoms with Gasteiger partial charge in [0.2, 0.25) is 5.95 Å². The van der Waals surface area contributed by atoms with E-state index >= 15 is 0 Å². The van der Waals surface area contributed by atoms with Gasteiger partial charge in [0.15, 0.2) is 0 Å². The molecule has 1 aromatic rings. The first-order valence-corrected chi connectivity index (χ1v) is 5.79. The average molecular weight is 250 g/mol. The zero-order valence-electron chi connectivity index (χ0n) is 10.2. The Balaban J connectivity index is 2.06. The van der Waals surface area contributed by atoms with Crippen LogP contribution < -0.4 is 0 Å². The van der Waals surface area contributed by atoms with Gasteiger partial charge in [-0.25, -0.2) is 4.98 Å². The van der Waals surface area contributed by atoms with Crippen LogP contribution in [0.5, 0.6) is 0 Å². The molecule has 2 rings (SSSR count). The predicted molar refractivity (Wildman–Crippen MR) is 64.7 cm³/mol. The summed E-state index contributed by atoms with van der Waals surface area (Å²) < 4.78 is 18.4. The number of carbonyl (C=O) groups is 1. The Bertz CT molecular complexity index is 474. The molecule has 0 radical (unpaired) electrons. The largest absolute Gasteiger partial charge is 0.380 e. The van der Waals surface area contributed by atoms with E-state index in [1.54, 1.807) is 18.1 Å². The van der Waals surface area contributed by atoms with E-state index in [0.717, 1.165) is 6.42 Å². The molecule has 0 saturated heterocycles. The Morgan fingerprint density at radius 3 is 3.06 bits per heavy atom. The second-order valence-corrected chi connectivity index (χ2v) is 4.14. The first-order chi connectivity index (χ1) is 8.72. The topological polar surface area (TPSA) is 42.4 Å². The quantitative estimate of drug-likeness (QED) is 0.605. The number of hydrogen-bond donors (Lipinski definition) is 0. The summed E-state index contributed by atoms with van der Waals surface area (Å²) in [6.45, 7) is 1.66. The van der Waals surface area contributed by atoms with Crippen molar-refractivity contribution in [2.45, 2.75) is 6.42 Å². The van der Waals surface area contributed by atoms with Gasteiger partial charge in [0, 0.05) is 26.4 Å². The fourth-order valence-electron chi connectivity index (χ4n) is 1.93. The molecular formula is C13H15FN2O2. The number of pyridine rings is 1. The molecule has 1 aliphatic heterocycles. The van der Waals surface area contributed by atoms with Crippen molar-refractivity contribution in [2.24, 2.45) is 0 Å². The third-order valence-electron chi connectivity index (χ3n) is 2.91. The summed E-state index contributed by atoms with van der Waals surface area (Å²) in [5.74, 6) is -1.03. The van der Waals surface area contributed by atoms with Gasteiger partial charge in [-0.05, 0) is 24.1 Å². The van der Waals surface area contributed by atoms with Crippen LogP contribution in [0.4, 0.5) is 4.39 Å². The van der Waals surface area contributed by atoms with Gasteiger partial charge in [0.1, 0.15) is 0 Å². The van der Waals surface area contributed by atoms with Crippen LogP contribution in [0.15, 0.2) is 30.0 Å². The molecule has 0 atom stereocenters. The maximum atomic E-state index is 13.4. The molecule has 0 bridgehead atoms. The summed E-state index contributed by atoms with van der Waals surface area (Å²) in [5.41, 5.74) is 1.20. The van der Waals surface area contributed by atoms with Crippen molar-refractivity contribution in [3.63, 3.8) is 0 Å². The second-order valence-electron chi connectivity index (χ2n) is 4.14. The van der Waals surface area contributed by atoms with Gasteiger partial charge in [-0.1, -0.05) is 6.08 Å². The van der Waals surface area contributed by atoms with Crippen molar-refractivity contribution in [2.75, 3.05) is 26.8 Å². The average Bonchev–Trinajstić information content (AvgIpc) is 2.40. The summed E-state index contributed by atoms with van der Waals surface area (Å²) in [6, 6.07) is 3.02. The maximum Gasteiger partial charge on any atom is 0.258 e. The summed E-state index contributed by atoms with van der Waals surface area (Å²) in [5, 5.41) is 0. The van der Waals surface area contributed by atoms with Crippen LogP contribution in [0.25, 0.3) is 0 Å². The van der Waals surface area contributed by atoms with Crippen LogP contribution in [-0.2, 0) is 4.74 Å². The molecule has 1 aromatic heterocycles. The SMILES string of the molecule is COCC1=CCN(C(=O)c2cccnc2F)CC1. The highest BCUT2D eigenvalue weighted by Gasteiger charge is 2.21. The standard InChI is InChI=1S/C13H15FN2O2/c1-18-9-10-4-7-16(8-5-10)13(17)11-3-2-6-15-12(11)14/h2-4,6H,5,7-9H2,1H3. The zero-order valence-corrected chi connectivity index (χ0v) is 10.2. The molecule has 1 aliphatic rings. The minimum atomic E-state index is -0.714. The van der Waals surface area contributed by atoms with Gasteiger partial charge in [-0.2, -0.15) is 4.39 Å². The zero-order chi connectivity index (χ0) is 13.0. The van der Waals surface area contributed by atoms with Gasteiger partial charge < -0.3 is 9.64 Å². The maximum absolute atomic E-state index is 13.4. The van der Waals surface area contributed by atoms with E-state index in [1.165, 1.54) is 17.8 Å². The first-order valence-electron chi connectivity index (χ1n) is 5.79. The number of rotatable bonds is 3. The molecule has 0 aromatic carbocycles. The van der Waals surface area contributed by atoms with Gasteiger partial charge >= 0.3 is 0 Å². The van der Waals surface area contributed by atoms with Crippen molar-refractivity contribution in [3.8, 4) is 0 Å². The summed E-state index contributed by atoms with van der Waals surface area (Å²) in [6.07, 6.45) is 4.06. The number of carbonyl (C=O) groups excluding carboxylic acids is 1. The van der Waals surface area contributed by atoms with E-state index < -0.39 is 5.95 Å². The van der Waals surface area contributed by atoms with Crippen LogP contribution in [0.3, 0.4) is 0 Å². The van der Waals surface area contributed by atoms with Crippen molar-refractivity contribution >= 4 is 5.91 Å². The molecule has 4 nitrogen and oxygen atoms in total. The van der Waals surface area contributed by atoms with Crippen molar-refractivity contribution < 1.29 is 13.9 Å². The lowest BCUT2D eigenvalue weighted by molar-refractivity contribution is 0.0759. The highest BCUT2D eigenvalue weighted by Crippen LogP contribution is 2.15. The number of aromatic nitrogens is 1. The highest BCUT2D eigenvalue weighted by molar-refractivity contribution is 5.94. The van der Waals surface area contributed by atoms with E-state index in [4.69, 9.17) is 4.74 Å². The monoisotopic (exact) mass is 250 g/mol. The molecular weight excluding hydrogens is 235 g/mol. The third kappa shape index (κ3) is 2.73. The Morgan fingerprint density at radius 2 is 2.44 bits per heavy atom. The number of halogens is 1. The highest BCUT2D eigenvalue weighted by atomic mass is 19.1. The molecule has 0 N–H and O–H groups in total. The van der Waals surface area contributed by atoms with Crippen molar-refractivity contribution in [1.82, 2.24) is 9.88 Å². The van der Waals surface area contributed by atoms with E-state index in [0.29, 0.717) is 19.7 Å². The molecule has 5 heteroatoms. The van der Waals surface area contributed by atoms with Gasteiger partial charge in [0.05, 0.1) is 12.2 Å². The van der Waals surface area contributed by atoms with Gasteiger partial charge in [-0.15, -0.1) is 0 Å². The number of nitrogens with zero attached hydrogens (tertiary/aromatic N) is 2. The molecule has 2 heterocycles. The Kier molecular flexibility index (Phi) is 4.04. The molecule has 18 heavy (non-hydrogen) atoms. The normalized spacial score (nSPS) is 15.4. The van der Waals surface area contributed by atoms with Crippen LogP contribution in [0, 0.1) is 5.95 Å². The number of methoxy groups -OCH3 is 1. The molecule has 1 amide bonds. The molecule has 0 saturated carbocycles. The molecule has 0 fully saturated rings. The second kappa shape index (κ2) is 5.73. The Morgan fingerprint density at radius 1 is 1.61 bits per heavy atom.